The number of carbonyl (C=O) groups is 1. The Morgan fingerprint density at radius 1 is 1.17 bits per heavy atom. The lowest BCUT2D eigenvalue weighted by Gasteiger charge is -2.25. The molecule has 1 fully saturated rings. The Kier molecular flexibility index (Phi) is 4.59. The third kappa shape index (κ3) is 3.16. The molecule has 0 aliphatic carbocycles. The molecule has 3 rings (SSSR count). The Hall–Kier alpha value is -2.31. The molecule has 0 bridgehead atoms. The van der Waals surface area contributed by atoms with Crippen LogP contribution in [0.4, 0.5) is 8.78 Å². The van der Waals surface area contributed by atoms with Crippen LogP contribution in [-0.2, 0) is 6.61 Å². The van der Waals surface area contributed by atoms with Crippen molar-refractivity contribution in [3.05, 3.63) is 70.8 Å². The van der Waals surface area contributed by atoms with Crippen molar-refractivity contribution in [3.8, 4) is 0 Å². The maximum absolute atomic E-state index is 13.8. The second kappa shape index (κ2) is 6.67. The normalized spacial score (nSPS) is 20.4. The molecule has 1 amide bonds. The number of carbonyl (C=O) groups excluding carboxylic acids is 1. The van der Waals surface area contributed by atoms with E-state index in [-0.39, 0.29) is 23.5 Å². The zero-order valence-corrected chi connectivity index (χ0v) is 12.8. The average Bonchev–Trinajstić information content (AvgIpc) is 2.96. The van der Waals surface area contributed by atoms with Crippen LogP contribution in [0.5, 0.6) is 0 Å². The van der Waals surface area contributed by atoms with Gasteiger partial charge in [-0.15, -0.1) is 0 Å². The van der Waals surface area contributed by atoms with E-state index in [1.54, 1.807) is 12.1 Å². The van der Waals surface area contributed by atoms with Gasteiger partial charge in [0.05, 0.1) is 18.8 Å². The van der Waals surface area contributed by atoms with Gasteiger partial charge in [0.2, 0.25) is 0 Å². The number of nitrogens with zero attached hydrogens (tertiary/aromatic N) is 1. The first-order valence-electron chi connectivity index (χ1n) is 7.63. The first kappa shape index (κ1) is 16.5. The SMILES string of the molecule is O=C(c1ccc(CO)c(F)c1)N1CC(O)CC1c1ccc(F)cc1. The average molecular weight is 333 g/mol. The van der Waals surface area contributed by atoms with Crippen molar-refractivity contribution in [1.29, 1.82) is 0 Å². The molecule has 126 valence electrons. The molecule has 2 atom stereocenters. The number of rotatable bonds is 3. The van der Waals surface area contributed by atoms with E-state index in [1.165, 1.54) is 29.2 Å². The predicted molar refractivity (Wildman–Crippen MR) is 83.1 cm³/mol. The van der Waals surface area contributed by atoms with Crippen LogP contribution < -0.4 is 0 Å². The first-order chi connectivity index (χ1) is 11.5. The summed E-state index contributed by atoms with van der Waals surface area (Å²) in [6.45, 7) is -0.314. The van der Waals surface area contributed by atoms with Crippen LogP contribution in [0.15, 0.2) is 42.5 Å². The molecule has 0 radical (unpaired) electrons. The summed E-state index contributed by atoms with van der Waals surface area (Å²) >= 11 is 0. The van der Waals surface area contributed by atoms with Gasteiger partial charge in [0, 0.05) is 17.7 Å². The summed E-state index contributed by atoms with van der Waals surface area (Å²) in [5, 5.41) is 19.0. The zero-order valence-electron chi connectivity index (χ0n) is 12.8. The molecule has 1 aliphatic rings. The van der Waals surface area contributed by atoms with E-state index in [9.17, 15) is 18.7 Å². The third-order valence-corrected chi connectivity index (χ3v) is 4.27. The van der Waals surface area contributed by atoms with Gasteiger partial charge in [0.25, 0.3) is 5.91 Å². The topological polar surface area (TPSA) is 60.8 Å². The Morgan fingerprint density at radius 3 is 2.50 bits per heavy atom. The summed E-state index contributed by atoms with van der Waals surface area (Å²) in [5.74, 6) is -1.44. The Morgan fingerprint density at radius 2 is 1.88 bits per heavy atom. The highest BCUT2D eigenvalue weighted by molar-refractivity contribution is 5.94. The van der Waals surface area contributed by atoms with Crippen LogP contribution in [0.3, 0.4) is 0 Å². The molecule has 2 unspecified atom stereocenters. The van der Waals surface area contributed by atoms with Crippen LogP contribution in [0, 0.1) is 11.6 Å². The minimum absolute atomic E-state index is 0.114. The number of hydrogen-bond donors (Lipinski definition) is 2. The van der Waals surface area contributed by atoms with Gasteiger partial charge in [0.15, 0.2) is 0 Å². The quantitative estimate of drug-likeness (QED) is 0.907. The van der Waals surface area contributed by atoms with Crippen molar-refractivity contribution in [3.63, 3.8) is 0 Å². The lowest BCUT2D eigenvalue weighted by molar-refractivity contribution is 0.0715. The van der Waals surface area contributed by atoms with E-state index in [4.69, 9.17) is 5.11 Å². The van der Waals surface area contributed by atoms with Crippen LogP contribution in [-0.4, -0.2) is 33.7 Å². The summed E-state index contributed by atoms with van der Waals surface area (Å²) < 4.78 is 26.9. The van der Waals surface area contributed by atoms with Crippen LogP contribution in [0.2, 0.25) is 0 Å². The van der Waals surface area contributed by atoms with Gasteiger partial charge in [0.1, 0.15) is 11.6 Å². The van der Waals surface area contributed by atoms with Crippen molar-refractivity contribution in [1.82, 2.24) is 4.90 Å². The van der Waals surface area contributed by atoms with Crippen molar-refractivity contribution in [2.45, 2.75) is 25.2 Å². The van der Waals surface area contributed by atoms with E-state index in [0.717, 1.165) is 6.07 Å². The maximum atomic E-state index is 13.8. The van der Waals surface area contributed by atoms with Gasteiger partial charge in [-0.2, -0.15) is 0 Å². The number of benzene rings is 2. The van der Waals surface area contributed by atoms with Crippen molar-refractivity contribution >= 4 is 5.91 Å². The second-order valence-electron chi connectivity index (χ2n) is 5.88. The molecular weight excluding hydrogens is 316 g/mol. The van der Waals surface area contributed by atoms with Crippen molar-refractivity contribution in [2.75, 3.05) is 6.54 Å². The van der Waals surface area contributed by atoms with E-state index in [1.807, 2.05) is 0 Å². The molecule has 0 saturated carbocycles. The van der Waals surface area contributed by atoms with Crippen LogP contribution in [0.25, 0.3) is 0 Å². The van der Waals surface area contributed by atoms with Gasteiger partial charge < -0.3 is 15.1 Å². The zero-order chi connectivity index (χ0) is 17.3. The van der Waals surface area contributed by atoms with Gasteiger partial charge in [-0.1, -0.05) is 18.2 Å². The number of hydrogen-bond acceptors (Lipinski definition) is 3. The van der Waals surface area contributed by atoms with Crippen molar-refractivity contribution < 1.29 is 23.8 Å². The maximum Gasteiger partial charge on any atom is 0.254 e. The molecule has 2 aromatic carbocycles. The number of aliphatic hydroxyl groups excluding tert-OH is 2. The lowest BCUT2D eigenvalue weighted by atomic mass is 10.0. The fourth-order valence-corrected chi connectivity index (χ4v) is 3.01. The Balaban J connectivity index is 1.89. The van der Waals surface area contributed by atoms with E-state index >= 15 is 0 Å². The molecule has 2 aromatic rings. The van der Waals surface area contributed by atoms with E-state index in [0.29, 0.717) is 12.0 Å². The van der Waals surface area contributed by atoms with Gasteiger partial charge in [-0.3, -0.25) is 4.79 Å². The van der Waals surface area contributed by atoms with Crippen LogP contribution in [0.1, 0.15) is 33.9 Å². The van der Waals surface area contributed by atoms with Crippen molar-refractivity contribution in [2.24, 2.45) is 0 Å². The monoisotopic (exact) mass is 333 g/mol. The molecule has 0 aromatic heterocycles. The molecule has 1 heterocycles. The predicted octanol–water partition coefficient (Wildman–Crippen LogP) is 2.41. The van der Waals surface area contributed by atoms with E-state index in [2.05, 4.69) is 0 Å². The standard InChI is InChI=1S/C18H17F2NO3/c19-14-5-3-11(4-6-14)17-8-15(23)9-21(17)18(24)12-1-2-13(10-22)16(20)7-12/h1-7,15,17,22-23H,8-10H2. The van der Waals surface area contributed by atoms with Gasteiger partial charge >= 0.3 is 0 Å². The first-order valence-corrected chi connectivity index (χ1v) is 7.63. The molecule has 0 spiro atoms. The second-order valence-corrected chi connectivity index (χ2v) is 5.88. The lowest BCUT2D eigenvalue weighted by Crippen LogP contribution is -2.31. The number of β-amino-alcohol motifs (C(OH)–C–C–N with tert-alkyl or cyclic N) is 1. The number of amides is 1. The highest BCUT2D eigenvalue weighted by Crippen LogP contribution is 2.33. The minimum Gasteiger partial charge on any atom is -0.392 e. The van der Waals surface area contributed by atoms with Gasteiger partial charge in [-0.25, -0.2) is 8.78 Å². The minimum atomic E-state index is -0.689. The van der Waals surface area contributed by atoms with Gasteiger partial charge in [-0.05, 0) is 36.2 Å². The fourth-order valence-electron chi connectivity index (χ4n) is 3.01. The largest absolute Gasteiger partial charge is 0.392 e. The Bertz CT molecular complexity index is 748. The highest BCUT2D eigenvalue weighted by Gasteiger charge is 2.35. The third-order valence-electron chi connectivity index (χ3n) is 4.27. The van der Waals surface area contributed by atoms with Crippen LogP contribution >= 0.6 is 0 Å². The fraction of sp³-hybridized carbons (Fsp3) is 0.278. The smallest absolute Gasteiger partial charge is 0.254 e. The summed E-state index contributed by atoms with van der Waals surface area (Å²) in [5.41, 5.74) is 0.975. The molecular formula is C18H17F2NO3. The summed E-state index contributed by atoms with van der Waals surface area (Å²) in [6.07, 6.45) is -0.347. The molecule has 1 aliphatic heterocycles. The number of likely N-dealkylation sites (tertiary alicyclic amines) is 1. The summed E-state index contributed by atoms with van der Waals surface area (Å²) in [6, 6.07) is 9.26. The number of aliphatic hydroxyl groups is 2. The molecule has 24 heavy (non-hydrogen) atoms. The molecule has 6 heteroatoms. The summed E-state index contributed by atoms with van der Waals surface area (Å²) in [4.78, 5) is 14.2. The highest BCUT2D eigenvalue weighted by atomic mass is 19.1. The molecule has 2 N–H and O–H groups in total. The summed E-state index contributed by atoms with van der Waals surface area (Å²) in [7, 11) is 0. The molecule has 1 saturated heterocycles. The molecule has 4 nitrogen and oxygen atoms in total. The number of halogens is 2. The van der Waals surface area contributed by atoms with E-state index < -0.39 is 30.5 Å². The Labute approximate surface area is 138 Å².